The molecule has 12 nitrogen and oxygen atoms in total. The van der Waals surface area contributed by atoms with Gasteiger partial charge < -0.3 is 38.6 Å². The second-order valence-electron chi connectivity index (χ2n) is 18.0. The van der Waals surface area contributed by atoms with Gasteiger partial charge in [-0.1, -0.05) is 39.8 Å². The number of piperidine rings is 1. The monoisotopic (exact) mass is 821 g/mol. The molecule has 4 rings (SSSR count). The van der Waals surface area contributed by atoms with E-state index in [2.05, 4.69) is 25.1 Å². The SMILES string of the molecule is CCC1C=C(C)C(F)C(C)CC(OC)C2OC(O)(C(=O)C(=O)N3CCCCC3C(=O)OC(C(C)=CC3CCC(N(C)C)C(OC)C3)C(C)CCC1=O)C(C)CC2OC. The summed E-state index contributed by atoms with van der Waals surface area (Å²) in [5.74, 6) is -7.47. The number of cyclic esters (lactones) is 1. The zero-order valence-electron chi connectivity index (χ0n) is 37.0. The predicted octanol–water partition coefficient (Wildman–Crippen LogP) is 6.02. The van der Waals surface area contributed by atoms with Gasteiger partial charge in [0, 0.05) is 52.2 Å². The quantitative estimate of drug-likeness (QED) is 0.183. The van der Waals surface area contributed by atoms with Crippen molar-refractivity contribution in [1.82, 2.24) is 9.80 Å². The second-order valence-corrected chi connectivity index (χ2v) is 18.0. The molecule has 330 valence electrons. The van der Waals surface area contributed by atoms with Crippen molar-refractivity contribution in [3.05, 3.63) is 23.3 Å². The van der Waals surface area contributed by atoms with Gasteiger partial charge >= 0.3 is 5.97 Å². The molecule has 1 N–H and O–H groups in total. The molecule has 58 heavy (non-hydrogen) atoms. The lowest BCUT2D eigenvalue weighted by molar-refractivity contribution is -0.302. The van der Waals surface area contributed by atoms with Crippen LogP contribution in [0.3, 0.4) is 0 Å². The number of ketones is 2. The highest BCUT2D eigenvalue weighted by Crippen LogP contribution is 2.39. The minimum atomic E-state index is -2.55. The molecule has 14 atom stereocenters. The van der Waals surface area contributed by atoms with Gasteiger partial charge in [0.25, 0.3) is 11.7 Å². The van der Waals surface area contributed by atoms with Crippen molar-refractivity contribution < 1.29 is 52.4 Å². The smallest absolute Gasteiger partial charge is 0.329 e. The molecule has 3 fully saturated rings. The summed E-state index contributed by atoms with van der Waals surface area (Å²) in [6, 6.07) is -0.771. The molecule has 2 bridgehead atoms. The van der Waals surface area contributed by atoms with Gasteiger partial charge in [0.15, 0.2) is 0 Å². The van der Waals surface area contributed by atoms with Gasteiger partial charge in [-0.15, -0.1) is 0 Å². The molecule has 13 heteroatoms. The van der Waals surface area contributed by atoms with Gasteiger partial charge in [-0.2, -0.15) is 0 Å². The Bertz CT molecular complexity index is 1490. The molecule has 4 aliphatic rings. The van der Waals surface area contributed by atoms with E-state index >= 15 is 4.39 Å². The summed E-state index contributed by atoms with van der Waals surface area (Å²) in [6.07, 6.45) is 4.90. The standard InChI is InChI=1S/C45H73FN2O10/c1-12-32-22-27(3)39(46)28(4)23-37(55-10)41-38(56-11)24-30(6)45(53,58-41)42(50)43(51)48-20-14-13-15-34(48)44(52)57-40(26(2)16-19-35(32)49)29(5)21-31-17-18-33(47(7)8)36(25-31)54-9/h21-22,26,28,30-34,36-41,53H,12-20,23-25H2,1-11H3. The number of esters is 1. The fraction of sp³-hybridized carbons (Fsp3) is 0.822. The van der Waals surface area contributed by atoms with Crippen LogP contribution in [0.25, 0.3) is 0 Å². The fourth-order valence-corrected chi connectivity index (χ4v) is 9.89. The number of nitrogens with zero attached hydrogens (tertiary/aromatic N) is 2. The molecule has 1 amide bonds. The number of amides is 1. The molecule has 0 aromatic carbocycles. The van der Waals surface area contributed by atoms with Crippen LogP contribution < -0.4 is 0 Å². The van der Waals surface area contributed by atoms with Crippen molar-refractivity contribution in [2.75, 3.05) is 42.0 Å². The van der Waals surface area contributed by atoms with E-state index in [1.807, 2.05) is 20.8 Å². The van der Waals surface area contributed by atoms with Crippen LogP contribution in [-0.2, 0) is 42.9 Å². The Morgan fingerprint density at radius 1 is 0.948 bits per heavy atom. The van der Waals surface area contributed by atoms with Crippen LogP contribution in [0.4, 0.5) is 4.39 Å². The van der Waals surface area contributed by atoms with Crippen LogP contribution >= 0.6 is 0 Å². The van der Waals surface area contributed by atoms with Gasteiger partial charge in [-0.25, -0.2) is 9.18 Å². The normalized spacial score (nSPS) is 39.8. The van der Waals surface area contributed by atoms with Gasteiger partial charge in [0.1, 0.15) is 30.2 Å². The van der Waals surface area contributed by atoms with Gasteiger partial charge in [0.2, 0.25) is 5.79 Å². The Hall–Kier alpha value is -2.55. The van der Waals surface area contributed by atoms with Crippen molar-refractivity contribution >= 4 is 23.4 Å². The molecule has 0 aromatic heterocycles. The molecule has 0 aromatic rings. The van der Waals surface area contributed by atoms with Gasteiger partial charge in [-0.3, -0.25) is 14.4 Å². The highest BCUT2D eigenvalue weighted by atomic mass is 19.1. The number of hydrogen-bond acceptors (Lipinski definition) is 11. The van der Waals surface area contributed by atoms with Crippen LogP contribution in [0, 0.1) is 29.6 Å². The van der Waals surface area contributed by atoms with E-state index in [1.54, 1.807) is 34.0 Å². The summed E-state index contributed by atoms with van der Waals surface area (Å²) in [6.45, 7) is 11.0. The van der Waals surface area contributed by atoms with E-state index in [0.29, 0.717) is 37.3 Å². The minimum absolute atomic E-state index is 0.0135. The lowest BCUT2D eigenvalue weighted by Gasteiger charge is -2.47. The third-order valence-electron chi connectivity index (χ3n) is 13.6. The van der Waals surface area contributed by atoms with E-state index in [1.165, 1.54) is 19.1 Å². The number of allylic oxidation sites excluding steroid dienone is 3. The number of likely N-dealkylation sites (N-methyl/N-ethyl adjacent to an activating group) is 1. The molecule has 1 aliphatic carbocycles. The van der Waals surface area contributed by atoms with Crippen molar-refractivity contribution in [1.29, 1.82) is 0 Å². The molecule has 0 radical (unpaired) electrons. The van der Waals surface area contributed by atoms with Crippen molar-refractivity contribution in [2.45, 2.75) is 167 Å². The lowest BCUT2D eigenvalue weighted by Crippen LogP contribution is -2.64. The number of carbonyl (C=O) groups is 4. The summed E-state index contributed by atoms with van der Waals surface area (Å²) in [5, 5.41) is 12.0. The van der Waals surface area contributed by atoms with Crippen molar-refractivity contribution in [3.63, 3.8) is 0 Å². The first-order valence-electron chi connectivity index (χ1n) is 21.7. The van der Waals surface area contributed by atoms with Gasteiger partial charge in [0.05, 0.1) is 18.3 Å². The Morgan fingerprint density at radius 2 is 1.60 bits per heavy atom. The maximum atomic E-state index is 16.2. The average molecular weight is 821 g/mol. The Balaban J connectivity index is 1.75. The molecule has 0 spiro atoms. The number of ether oxygens (including phenoxy) is 5. The van der Waals surface area contributed by atoms with E-state index in [-0.39, 0.29) is 56.0 Å². The molecule has 14 unspecified atom stereocenters. The van der Waals surface area contributed by atoms with E-state index < -0.39 is 77.8 Å². The third kappa shape index (κ3) is 11.0. The first-order valence-corrected chi connectivity index (χ1v) is 21.7. The maximum absolute atomic E-state index is 16.2. The van der Waals surface area contributed by atoms with Crippen LogP contribution in [0.1, 0.15) is 112 Å². The Labute approximate surface area is 346 Å². The highest BCUT2D eigenvalue weighted by molar-refractivity contribution is 6.39. The largest absolute Gasteiger partial charge is 0.456 e. The Morgan fingerprint density at radius 3 is 2.22 bits per heavy atom. The highest BCUT2D eigenvalue weighted by Gasteiger charge is 2.56. The number of aliphatic hydroxyl groups is 1. The minimum Gasteiger partial charge on any atom is -0.456 e. The molecule has 3 aliphatic heterocycles. The van der Waals surface area contributed by atoms with Crippen LogP contribution in [0.5, 0.6) is 0 Å². The molecule has 2 saturated heterocycles. The van der Waals surface area contributed by atoms with Crippen LogP contribution in [-0.4, -0.2) is 135 Å². The third-order valence-corrected chi connectivity index (χ3v) is 13.6. The topological polar surface area (TPSA) is 141 Å². The Kier molecular flexibility index (Phi) is 17.7. The second kappa shape index (κ2) is 21.3. The number of rotatable bonds is 7. The number of hydrogen-bond donors (Lipinski definition) is 1. The predicted molar refractivity (Wildman–Crippen MR) is 218 cm³/mol. The summed E-state index contributed by atoms with van der Waals surface area (Å²) in [7, 11) is 8.79. The van der Waals surface area contributed by atoms with Gasteiger partial charge in [-0.05, 0) is 121 Å². The first kappa shape index (κ1) is 48.1. The van der Waals surface area contributed by atoms with Crippen LogP contribution in [0.15, 0.2) is 23.3 Å². The van der Waals surface area contributed by atoms with E-state index in [0.717, 1.165) is 24.8 Å². The van der Waals surface area contributed by atoms with E-state index in [4.69, 9.17) is 23.7 Å². The number of halogens is 1. The molecule has 3 heterocycles. The maximum Gasteiger partial charge on any atom is 0.329 e. The zero-order valence-corrected chi connectivity index (χ0v) is 37.0. The number of Topliss-reactive ketones (excluding diaryl/α,β-unsaturated/α-hetero) is 2. The summed E-state index contributed by atoms with van der Waals surface area (Å²) < 4.78 is 46.3. The molecule has 1 saturated carbocycles. The van der Waals surface area contributed by atoms with Crippen molar-refractivity contribution in [2.24, 2.45) is 29.6 Å². The first-order chi connectivity index (χ1) is 27.4. The van der Waals surface area contributed by atoms with E-state index in [9.17, 15) is 24.3 Å². The number of carbonyl (C=O) groups excluding carboxylic acids is 4. The number of alkyl halides is 1. The number of methoxy groups -OCH3 is 3. The zero-order chi connectivity index (χ0) is 43.1. The molecular weight excluding hydrogens is 747 g/mol. The lowest BCUT2D eigenvalue weighted by atomic mass is 9.81. The summed E-state index contributed by atoms with van der Waals surface area (Å²) in [4.78, 5) is 60.0. The summed E-state index contributed by atoms with van der Waals surface area (Å²) in [5.41, 5.74) is 1.28. The van der Waals surface area contributed by atoms with Crippen LogP contribution in [0.2, 0.25) is 0 Å². The van der Waals surface area contributed by atoms with Crippen molar-refractivity contribution in [3.8, 4) is 0 Å². The fourth-order valence-electron chi connectivity index (χ4n) is 9.89. The average Bonchev–Trinajstić information content (AvgIpc) is 3.21. The summed E-state index contributed by atoms with van der Waals surface area (Å²) >= 11 is 0. The number of fused-ring (bicyclic) bond motifs is 3. The molecular formula is C45H73FN2O10.